The summed E-state index contributed by atoms with van der Waals surface area (Å²) in [6.45, 7) is 6.12. The minimum atomic E-state index is 0.0525. The van der Waals surface area contributed by atoms with Gasteiger partial charge >= 0.3 is 0 Å². The fourth-order valence-corrected chi connectivity index (χ4v) is 3.49. The van der Waals surface area contributed by atoms with Crippen molar-refractivity contribution < 1.29 is 9.53 Å². The highest BCUT2D eigenvalue weighted by atomic mass is 16.5. The Hall–Kier alpha value is -2.93. The van der Waals surface area contributed by atoms with Crippen LogP contribution in [0.5, 0.6) is 0 Å². The zero-order valence-corrected chi connectivity index (χ0v) is 15.9. The molecule has 0 unspecified atom stereocenters. The van der Waals surface area contributed by atoms with Crippen LogP contribution in [0.4, 0.5) is 11.5 Å². The molecule has 2 saturated heterocycles. The third-order valence-electron chi connectivity index (χ3n) is 5.14. The Kier molecular flexibility index (Phi) is 5.82. The number of anilines is 2. The number of hydrogen-bond acceptors (Lipinski definition) is 6. The highest BCUT2D eigenvalue weighted by molar-refractivity contribution is 5.91. The molecule has 3 heterocycles. The number of carbonyl (C=O) groups excluding carboxylic acids is 1. The molecule has 0 radical (unpaired) electrons. The first-order valence-corrected chi connectivity index (χ1v) is 9.72. The van der Waals surface area contributed by atoms with Crippen LogP contribution in [0.3, 0.4) is 0 Å². The summed E-state index contributed by atoms with van der Waals surface area (Å²) in [6, 6.07) is 12.0. The smallest absolute Gasteiger partial charge is 0.246 e. The molecule has 2 fully saturated rings. The predicted molar refractivity (Wildman–Crippen MR) is 109 cm³/mol. The van der Waals surface area contributed by atoms with Crippen molar-refractivity contribution in [2.45, 2.75) is 0 Å². The molecule has 1 aromatic heterocycles. The molecule has 7 heteroatoms. The minimum Gasteiger partial charge on any atom is -0.378 e. The average Bonchev–Trinajstić information content (AvgIpc) is 2.79. The Morgan fingerprint density at radius 2 is 1.71 bits per heavy atom. The fraction of sp³-hybridized carbons (Fsp3) is 0.381. The van der Waals surface area contributed by atoms with Gasteiger partial charge in [-0.25, -0.2) is 0 Å². The summed E-state index contributed by atoms with van der Waals surface area (Å²) in [5, 5.41) is 8.49. The van der Waals surface area contributed by atoms with Gasteiger partial charge in [0.05, 0.1) is 25.1 Å². The van der Waals surface area contributed by atoms with Crippen molar-refractivity contribution in [2.24, 2.45) is 0 Å². The second kappa shape index (κ2) is 8.84. The Bertz CT molecular complexity index is 813. The van der Waals surface area contributed by atoms with Crippen LogP contribution in [0.1, 0.15) is 5.56 Å². The number of carbonyl (C=O) groups is 1. The molecule has 0 spiro atoms. The van der Waals surface area contributed by atoms with Crippen LogP contribution < -0.4 is 9.80 Å². The van der Waals surface area contributed by atoms with Crippen LogP contribution >= 0.6 is 0 Å². The van der Waals surface area contributed by atoms with Crippen molar-refractivity contribution in [3.8, 4) is 0 Å². The van der Waals surface area contributed by atoms with E-state index < -0.39 is 0 Å². The standard InChI is InChI=1S/C21H25N5O2/c27-21(7-6-18-4-2-1-3-5-18)26-10-8-25(9-11-26)20-16-19(17-22-23-20)24-12-14-28-15-13-24/h1-7,16-17H,8-15H2/b7-6+. The topological polar surface area (TPSA) is 61.8 Å². The summed E-state index contributed by atoms with van der Waals surface area (Å²) in [4.78, 5) is 18.8. The molecule has 2 aromatic rings. The van der Waals surface area contributed by atoms with E-state index in [4.69, 9.17) is 4.74 Å². The van der Waals surface area contributed by atoms with E-state index in [-0.39, 0.29) is 5.91 Å². The normalized spacial score (nSPS) is 17.9. The molecule has 28 heavy (non-hydrogen) atoms. The Morgan fingerprint density at radius 3 is 2.46 bits per heavy atom. The molecule has 0 aliphatic carbocycles. The van der Waals surface area contributed by atoms with E-state index in [0.29, 0.717) is 13.1 Å². The number of ether oxygens (including phenoxy) is 1. The van der Waals surface area contributed by atoms with Gasteiger partial charge in [0, 0.05) is 51.4 Å². The Balaban J connectivity index is 1.34. The summed E-state index contributed by atoms with van der Waals surface area (Å²) in [5.74, 6) is 0.924. The summed E-state index contributed by atoms with van der Waals surface area (Å²) in [6.07, 6.45) is 5.33. The maximum atomic E-state index is 12.4. The minimum absolute atomic E-state index is 0.0525. The van der Waals surface area contributed by atoms with Gasteiger partial charge in [0.25, 0.3) is 0 Å². The van der Waals surface area contributed by atoms with Gasteiger partial charge in [0.15, 0.2) is 5.82 Å². The molecule has 7 nitrogen and oxygen atoms in total. The molecule has 146 valence electrons. The van der Waals surface area contributed by atoms with Crippen molar-refractivity contribution in [2.75, 3.05) is 62.3 Å². The zero-order valence-electron chi connectivity index (χ0n) is 15.9. The lowest BCUT2D eigenvalue weighted by Crippen LogP contribution is -2.48. The fourth-order valence-electron chi connectivity index (χ4n) is 3.49. The highest BCUT2D eigenvalue weighted by Gasteiger charge is 2.22. The number of benzene rings is 1. The second-order valence-electron chi connectivity index (χ2n) is 6.93. The summed E-state index contributed by atoms with van der Waals surface area (Å²) in [5.41, 5.74) is 2.11. The molecule has 1 aromatic carbocycles. The van der Waals surface area contributed by atoms with Crippen LogP contribution in [-0.2, 0) is 9.53 Å². The van der Waals surface area contributed by atoms with Gasteiger partial charge in [-0.05, 0) is 11.6 Å². The molecule has 0 saturated carbocycles. The highest BCUT2D eigenvalue weighted by Crippen LogP contribution is 2.21. The largest absolute Gasteiger partial charge is 0.378 e. The van der Waals surface area contributed by atoms with Crippen molar-refractivity contribution in [1.29, 1.82) is 0 Å². The molecule has 2 aliphatic rings. The lowest BCUT2D eigenvalue weighted by Gasteiger charge is -2.35. The lowest BCUT2D eigenvalue weighted by molar-refractivity contribution is -0.126. The van der Waals surface area contributed by atoms with Crippen LogP contribution in [0, 0.1) is 0 Å². The van der Waals surface area contributed by atoms with Crippen molar-refractivity contribution in [1.82, 2.24) is 15.1 Å². The first-order valence-electron chi connectivity index (χ1n) is 9.72. The number of piperazine rings is 1. The second-order valence-corrected chi connectivity index (χ2v) is 6.93. The predicted octanol–water partition coefficient (Wildman–Crippen LogP) is 1.68. The number of aromatic nitrogens is 2. The van der Waals surface area contributed by atoms with Crippen molar-refractivity contribution >= 4 is 23.5 Å². The third-order valence-corrected chi connectivity index (χ3v) is 5.14. The number of rotatable bonds is 4. The number of morpholine rings is 1. The maximum absolute atomic E-state index is 12.4. The molecule has 0 atom stereocenters. The first-order chi connectivity index (χ1) is 13.8. The van der Waals surface area contributed by atoms with Gasteiger partial charge in [-0.2, -0.15) is 5.10 Å². The Morgan fingerprint density at radius 1 is 0.964 bits per heavy atom. The van der Waals surface area contributed by atoms with Crippen molar-refractivity contribution in [3.05, 3.63) is 54.2 Å². The van der Waals surface area contributed by atoms with Gasteiger partial charge in [-0.3, -0.25) is 4.79 Å². The third kappa shape index (κ3) is 4.48. The summed E-state index contributed by atoms with van der Waals surface area (Å²) in [7, 11) is 0. The average molecular weight is 379 g/mol. The number of hydrogen-bond donors (Lipinski definition) is 0. The first kappa shape index (κ1) is 18.4. The SMILES string of the molecule is O=C(/C=C/c1ccccc1)N1CCN(c2cc(N3CCOCC3)cnn2)CC1. The van der Waals surface area contributed by atoms with Crippen LogP contribution in [0.15, 0.2) is 48.7 Å². The number of amides is 1. The van der Waals surface area contributed by atoms with E-state index >= 15 is 0 Å². The van der Waals surface area contributed by atoms with Gasteiger partial charge < -0.3 is 19.4 Å². The molecule has 0 bridgehead atoms. The summed E-state index contributed by atoms with van der Waals surface area (Å²) < 4.78 is 5.42. The van der Waals surface area contributed by atoms with Gasteiger partial charge in [-0.1, -0.05) is 30.3 Å². The molecule has 4 rings (SSSR count). The quantitative estimate of drug-likeness (QED) is 0.754. The van der Waals surface area contributed by atoms with Gasteiger partial charge in [0.2, 0.25) is 5.91 Å². The van der Waals surface area contributed by atoms with Gasteiger partial charge in [0.1, 0.15) is 0 Å². The zero-order chi connectivity index (χ0) is 19.2. The van der Waals surface area contributed by atoms with Crippen molar-refractivity contribution in [3.63, 3.8) is 0 Å². The number of nitrogens with zero attached hydrogens (tertiary/aromatic N) is 5. The van der Waals surface area contributed by atoms with E-state index in [1.807, 2.05) is 47.5 Å². The molecular weight excluding hydrogens is 354 g/mol. The van der Waals surface area contributed by atoms with Crippen LogP contribution in [-0.4, -0.2) is 73.5 Å². The maximum Gasteiger partial charge on any atom is 0.246 e. The monoisotopic (exact) mass is 379 g/mol. The van der Waals surface area contributed by atoms with Gasteiger partial charge in [-0.15, -0.1) is 5.10 Å². The molecule has 2 aliphatic heterocycles. The van der Waals surface area contributed by atoms with Crippen LogP contribution in [0.2, 0.25) is 0 Å². The lowest BCUT2D eigenvalue weighted by atomic mass is 10.2. The van der Waals surface area contributed by atoms with E-state index in [9.17, 15) is 4.79 Å². The Labute approximate surface area is 165 Å². The molecule has 0 N–H and O–H groups in total. The van der Waals surface area contributed by atoms with E-state index in [1.54, 1.807) is 6.08 Å². The van der Waals surface area contributed by atoms with E-state index in [1.165, 1.54) is 0 Å². The van der Waals surface area contributed by atoms with Crippen LogP contribution in [0.25, 0.3) is 6.08 Å². The summed E-state index contributed by atoms with van der Waals surface area (Å²) >= 11 is 0. The molecule has 1 amide bonds. The molecular formula is C21H25N5O2. The van der Waals surface area contributed by atoms with E-state index in [2.05, 4.69) is 26.1 Å². The van der Waals surface area contributed by atoms with E-state index in [0.717, 1.165) is 56.5 Å².